The molecule has 4 aromatic heterocycles. The van der Waals surface area contributed by atoms with Crippen molar-refractivity contribution in [3.8, 4) is 5.75 Å². The summed E-state index contributed by atoms with van der Waals surface area (Å²) in [5.74, 6) is 0.797. The van der Waals surface area contributed by atoms with Gasteiger partial charge in [-0.2, -0.15) is 10.1 Å². The van der Waals surface area contributed by atoms with Gasteiger partial charge in [0.1, 0.15) is 11.2 Å². The molecule has 0 spiro atoms. The van der Waals surface area contributed by atoms with Gasteiger partial charge in [-0.05, 0) is 6.42 Å². The monoisotopic (exact) mass is 582 g/mol. The maximum atomic E-state index is 14.5. The molecule has 0 amide bonds. The number of aromatic nitrogens is 7. The summed E-state index contributed by atoms with van der Waals surface area (Å²) in [5, 5.41) is 8.14. The fraction of sp³-hybridized carbons (Fsp3) is 0.464. The van der Waals surface area contributed by atoms with Crippen LogP contribution in [0, 0.1) is 0 Å². The number of imidazole rings is 1. The number of hydrogen-bond acceptors (Lipinski definition) is 10. The number of halogens is 2. The Hall–Kier alpha value is -4.17. The second kappa shape index (κ2) is 12.0. The molecule has 1 aliphatic heterocycles. The minimum absolute atomic E-state index is 0.0691. The zero-order valence-corrected chi connectivity index (χ0v) is 24.4. The van der Waals surface area contributed by atoms with Crippen LogP contribution in [0.1, 0.15) is 56.6 Å². The van der Waals surface area contributed by atoms with Gasteiger partial charge in [0.2, 0.25) is 5.95 Å². The first kappa shape index (κ1) is 29.3. The summed E-state index contributed by atoms with van der Waals surface area (Å²) in [4.78, 5) is 19.3. The summed E-state index contributed by atoms with van der Waals surface area (Å²) in [7, 11) is 3.35. The number of likely N-dealkylation sites (tertiary alicyclic amines) is 1. The lowest BCUT2D eigenvalue weighted by molar-refractivity contribution is 0.149. The number of rotatable bonds is 10. The summed E-state index contributed by atoms with van der Waals surface area (Å²) in [6.07, 6.45) is 4.80. The number of nitrogens with one attached hydrogen (secondary N) is 1. The van der Waals surface area contributed by atoms with E-state index in [9.17, 15) is 8.78 Å². The number of nitrogens with two attached hydrogens (primary N) is 1. The predicted octanol–water partition coefficient (Wildman–Crippen LogP) is 4.16. The Morgan fingerprint density at radius 2 is 2.05 bits per heavy atom. The predicted molar refractivity (Wildman–Crippen MR) is 154 cm³/mol. The molecular weight excluding hydrogens is 546 g/mol. The highest BCUT2D eigenvalue weighted by Crippen LogP contribution is 2.38. The highest BCUT2D eigenvalue weighted by atomic mass is 19.3. The maximum absolute atomic E-state index is 14.5. The number of ether oxygens (including phenoxy) is 2. The zero-order chi connectivity index (χ0) is 30.0. The molecule has 42 heavy (non-hydrogen) atoms. The molecule has 0 bridgehead atoms. The molecule has 224 valence electrons. The topological polar surface area (TPSA) is 134 Å². The molecule has 1 atom stereocenters. The minimum atomic E-state index is -2.88. The van der Waals surface area contributed by atoms with E-state index in [1.54, 1.807) is 14.2 Å². The van der Waals surface area contributed by atoms with Crippen molar-refractivity contribution >= 4 is 28.7 Å². The molecule has 0 unspecified atom stereocenters. The van der Waals surface area contributed by atoms with E-state index >= 15 is 0 Å². The van der Waals surface area contributed by atoms with Gasteiger partial charge in [0.05, 0.1) is 30.6 Å². The molecule has 1 saturated heterocycles. The average Bonchev–Trinajstić information content (AvgIpc) is 3.68. The largest absolute Gasteiger partial charge is 0.451 e. The first-order valence-electron chi connectivity index (χ1n) is 13.7. The van der Waals surface area contributed by atoms with Crippen LogP contribution >= 0.6 is 0 Å². The highest BCUT2D eigenvalue weighted by Gasteiger charge is 2.31. The van der Waals surface area contributed by atoms with Crippen LogP contribution in [0.3, 0.4) is 0 Å². The Morgan fingerprint density at radius 1 is 1.24 bits per heavy atom. The Kier molecular flexibility index (Phi) is 8.36. The van der Waals surface area contributed by atoms with E-state index in [4.69, 9.17) is 20.3 Å². The van der Waals surface area contributed by atoms with Crippen LogP contribution in [0.4, 0.5) is 20.5 Å². The number of alkyl halides is 2. The third-order valence-corrected chi connectivity index (χ3v) is 7.26. The van der Waals surface area contributed by atoms with Gasteiger partial charge in [0, 0.05) is 69.6 Å². The molecule has 0 aliphatic carbocycles. The molecule has 1 aliphatic rings. The second-order valence-corrected chi connectivity index (χ2v) is 11.2. The normalized spacial score (nSPS) is 16.6. The molecule has 0 aromatic carbocycles. The molecule has 0 saturated carbocycles. The maximum Gasteiger partial charge on any atom is 0.269 e. The van der Waals surface area contributed by atoms with Crippen molar-refractivity contribution < 1.29 is 18.3 Å². The molecule has 12 nitrogen and oxygen atoms in total. The van der Waals surface area contributed by atoms with Gasteiger partial charge >= 0.3 is 0 Å². The zero-order valence-electron chi connectivity index (χ0n) is 24.4. The number of methoxy groups -OCH3 is 1. The van der Waals surface area contributed by atoms with Crippen molar-refractivity contribution in [3.05, 3.63) is 54.0 Å². The third-order valence-electron chi connectivity index (χ3n) is 7.26. The minimum Gasteiger partial charge on any atom is -0.451 e. The van der Waals surface area contributed by atoms with Gasteiger partial charge in [-0.25, -0.2) is 18.7 Å². The van der Waals surface area contributed by atoms with E-state index in [0.717, 1.165) is 37.9 Å². The number of hydrogen-bond donors (Lipinski definition) is 2. The van der Waals surface area contributed by atoms with Crippen molar-refractivity contribution in [2.75, 3.05) is 38.7 Å². The number of fused-ring (bicyclic) bond motifs is 1. The van der Waals surface area contributed by atoms with Crippen LogP contribution in [0.2, 0.25) is 0 Å². The number of aryl methyl sites for hydroxylation is 1. The van der Waals surface area contributed by atoms with Gasteiger partial charge in [0.15, 0.2) is 23.0 Å². The van der Waals surface area contributed by atoms with Crippen LogP contribution in [0.15, 0.2) is 37.1 Å². The Labute approximate surface area is 242 Å². The van der Waals surface area contributed by atoms with Gasteiger partial charge in [-0.3, -0.25) is 14.6 Å². The van der Waals surface area contributed by atoms with Gasteiger partial charge in [0.25, 0.3) is 6.43 Å². The Balaban J connectivity index is 1.47. The van der Waals surface area contributed by atoms with E-state index < -0.39 is 6.43 Å². The SMILES string of the molecule is COCCN1CC[C@H](n2nc(Nc3nc4ncc(OC(=CN)c5cnccn5)c(C(F)F)c4n3C)cc2C(C)(C)C)C1. The number of pyridine rings is 1. The van der Waals surface area contributed by atoms with E-state index in [0.29, 0.717) is 24.1 Å². The fourth-order valence-corrected chi connectivity index (χ4v) is 5.15. The first-order valence-corrected chi connectivity index (χ1v) is 13.7. The summed E-state index contributed by atoms with van der Waals surface area (Å²) in [6, 6.07) is 2.20. The smallest absolute Gasteiger partial charge is 0.269 e. The van der Waals surface area contributed by atoms with Crippen molar-refractivity contribution in [2.24, 2.45) is 12.8 Å². The van der Waals surface area contributed by atoms with Gasteiger partial charge in [-0.15, -0.1) is 0 Å². The van der Waals surface area contributed by atoms with E-state index in [1.165, 1.54) is 29.4 Å². The van der Waals surface area contributed by atoms with Crippen molar-refractivity contribution in [2.45, 2.75) is 45.1 Å². The molecule has 1 fully saturated rings. The summed E-state index contributed by atoms with van der Waals surface area (Å²) in [5.41, 5.74) is 6.81. The van der Waals surface area contributed by atoms with Crippen LogP contribution in [0.25, 0.3) is 16.9 Å². The van der Waals surface area contributed by atoms with Gasteiger partial charge < -0.3 is 25.1 Å². The third kappa shape index (κ3) is 5.90. The number of anilines is 2. The Bertz CT molecular complexity index is 1560. The van der Waals surface area contributed by atoms with E-state index in [-0.39, 0.29) is 39.7 Å². The summed E-state index contributed by atoms with van der Waals surface area (Å²) >= 11 is 0. The molecule has 0 radical (unpaired) electrons. The molecule has 4 aromatic rings. The van der Waals surface area contributed by atoms with Crippen LogP contribution in [0.5, 0.6) is 5.75 Å². The summed E-state index contributed by atoms with van der Waals surface area (Å²) < 4.78 is 43.7. The highest BCUT2D eigenvalue weighted by molar-refractivity contribution is 5.82. The lowest BCUT2D eigenvalue weighted by atomic mass is 9.91. The Morgan fingerprint density at radius 3 is 2.71 bits per heavy atom. The second-order valence-electron chi connectivity index (χ2n) is 11.2. The number of nitrogens with zero attached hydrogens (tertiary/aromatic N) is 8. The molecule has 5 heterocycles. The first-order chi connectivity index (χ1) is 20.1. The lowest BCUT2D eigenvalue weighted by Gasteiger charge is -2.23. The van der Waals surface area contributed by atoms with Crippen molar-refractivity contribution in [1.82, 2.24) is 39.2 Å². The fourth-order valence-electron chi connectivity index (χ4n) is 5.15. The standard InChI is InChI=1S/C28H36F2N10O2/c1-28(2,3)21-12-22(37-40(21)17-6-9-39(16-17)10-11-41-5)35-27-36-26-24(38(27)4)23(25(29)30)20(15-34-26)42-19(13-31)18-14-32-7-8-33-18/h7-8,12-15,17,25H,6,9-11,16,31H2,1-5H3,(H,34,35,36,37)/t17-/m0/s1. The quantitative estimate of drug-likeness (QED) is 0.263. The van der Waals surface area contributed by atoms with Crippen LogP contribution in [-0.4, -0.2) is 72.5 Å². The summed E-state index contributed by atoms with van der Waals surface area (Å²) in [6.45, 7) is 9.82. The lowest BCUT2D eigenvalue weighted by Crippen LogP contribution is -2.27. The molecule has 3 N–H and O–H groups in total. The van der Waals surface area contributed by atoms with Crippen LogP contribution in [-0.2, 0) is 17.2 Å². The average molecular weight is 583 g/mol. The van der Waals surface area contributed by atoms with Crippen molar-refractivity contribution in [1.29, 1.82) is 0 Å². The van der Waals surface area contributed by atoms with Crippen molar-refractivity contribution in [3.63, 3.8) is 0 Å². The van der Waals surface area contributed by atoms with Crippen LogP contribution < -0.4 is 15.8 Å². The van der Waals surface area contributed by atoms with Gasteiger partial charge in [-0.1, -0.05) is 20.8 Å². The molecular formula is C28H36F2N10O2. The van der Waals surface area contributed by atoms with E-state index in [1.807, 2.05) is 6.07 Å². The molecule has 5 rings (SSSR count). The molecule has 14 heteroatoms. The van der Waals surface area contributed by atoms with E-state index in [2.05, 4.69) is 55.6 Å².